The van der Waals surface area contributed by atoms with E-state index in [0.717, 1.165) is 12.8 Å². The molecule has 0 aromatic rings. The van der Waals surface area contributed by atoms with Gasteiger partial charge in [-0.15, -0.1) is 0 Å². The number of unbranched alkanes of at least 4 members (excludes halogenated alkanes) is 1. The van der Waals surface area contributed by atoms with Crippen LogP contribution in [0.1, 0.15) is 60.3 Å². The van der Waals surface area contributed by atoms with Gasteiger partial charge >= 0.3 is 0 Å². The van der Waals surface area contributed by atoms with Crippen molar-refractivity contribution in [3.05, 3.63) is 0 Å². The van der Waals surface area contributed by atoms with Gasteiger partial charge in [0.05, 0.1) is 5.60 Å². The van der Waals surface area contributed by atoms with Crippen molar-refractivity contribution in [3.63, 3.8) is 0 Å². The van der Waals surface area contributed by atoms with E-state index in [2.05, 4.69) is 20.8 Å². The van der Waals surface area contributed by atoms with Crippen LogP contribution in [0.4, 0.5) is 0 Å². The summed E-state index contributed by atoms with van der Waals surface area (Å²) < 4.78 is 0. The molecular weight excluding hydrogens is 148 g/mol. The van der Waals surface area contributed by atoms with Gasteiger partial charge in [0.15, 0.2) is 0 Å². The summed E-state index contributed by atoms with van der Waals surface area (Å²) in [6.07, 6.45) is 4.54. The predicted octanol–water partition coefficient (Wildman–Crippen LogP) is 3.36. The molecule has 1 heteroatoms. The van der Waals surface area contributed by atoms with Crippen molar-refractivity contribution in [1.82, 2.24) is 0 Å². The van der Waals surface area contributed by atoms with Gasteiger partial charge in [-0.3, -0.25) is 0 Å². The Bertz CT molecular complexity index is 97.9. The molecule has 0 saturated carbocycles. The Kier molecular flexibility index (Phi) is 4.25. The second-order valence-corrected chi connectivity index (χ2v) is 5.58. The third kappa shape index (κ3) is 9.96. The SMILES string of the molecule is CC(C)(C)CCCCC(C)(C)O. The molecule has 0 aliphatic heterocycles. The van der Waals surface area contributed by atoms with E-state index in [1.165, 1.54) is 12.8 Å². The Morgan fingerprint density at radius 1 is 0.833 bits per heavy atom. The van der Waals surface area contributed by atoms with E-state index in [1.54, 1.807) is 0 Å². The molecule has 0 aliphatic rings. The predicted molar refractivity (Wildman–Crippen MR) is 54.2 cm³/mol. The Balaban J connectivity index is 3.35. The molecule has 0 rings (SSSR count). The first-order valence-corrected chi connectivity index (χ1v) is 4.93. The average molecular weight is 172 g/mol. The lowest BCUT2D eigenvalue weighted by molar-refractivity contribution is 0.0672. The first kappa shape index (κ1) is 12.0. The van der Waals surface area contributed by atoms with Crippen LogP contribution >= 0.6 is 0 Å². The molecule has 0 unspecified atom stereocenters. The van der Waals surface area contributed by atoms with Crippen molar-refractivity contribution in [2.75, 3.05) is 0 Å². The standard InChI is InChI=1S/C11H24O/c1-10(2,3)8-6-7-9-11(4,5)12/h12H,6-9H2,1-5H3. The first-order valence-electron chi connectivity index (χ1n) is 4.93. The second kappa shape index (κ2) is 4.27. The van der Waals surface area contributed by atoms with E-state index in [-0.39, 0.29) is 0 Å². The minimum Gasteiger partial charge on any atom is -0.390 e. The Labute approximate surface area is 77.2 Å². The third-order valence-electron chi connectivity index (χ3n) is 1.97. The van der Waals surface area contributed by atoms with Crippen LogP contribution < -0.4 is 0 Å². The molecule has 0 aromatic heterocycles. The van der Waals surface area contributed by atoms with Crippen molar-refractivity contribution >= 4 is 0 Å². The summed E-state index contributed by atoms with van der Waals surface area (Å²) in [5.41, 5.74) is -0.0303. The summed E-state index contributed by atoms with van der Waals surface area (Å²) in [5.74, 6) is 0. The van der Waals surface area contributed by atoms with Gasteiger partial charge < -0.3 is 5.11 Å². The Hall–Kier alpha value is -0.0400. The monoisotopic (exact) mass is 172 g/mol. The van der Waals surface area contributed by atoms with E-state index < -0.39 is 5.60 Å². The molecule has 0 bridgehead atoms. The summed E-state index contributed by atoms with van der Waals surface area (Å²) >= 11 is 0. The number of rotatable bonds is 4. The van der Waals surface area contributed by atoms with Crippen molar-refractivity contribution in [1.29, 1.82) is 0 Å². The van der Waals surface area contributed by atoms with E-state index >= 15 is 0 Å². The van der Waals surface area contributed by atoms with E-state index in [1.807, 2.05) is 13.8 Å². The summed E-state index contributed by atoms with van der Waals surface area (Å²) in [5, 5.41) is 9.45. The molecule has 0 aliphatic carbocycles. The van der Waals surface area contributed by atoms with Gasteiger partial charge in [0.2, 0.25) is 0 Å². The van der Waals surface area contributed by atoms with Crippen LogP contribution in [0.3, 0.4) is 0 Å². The molecule has 74 valence electrons. The molecule has 1 N–H and O–H groups in total. The molecule has 12 heavy (non-hydrogen) atoms. The van der Waals surface area contributed by atoms with Crippen molar-refractivity contribution < 1.29 is 5.11 Å². The van der Waals surface area contributed by atoms with Gasteiger partial charge in [-0.1, -0.05) is 33.6 Å². The molecule has 0 spiro atoms. The maximum absolute atomic E-state index is 9.45. The lowest BCUT2D eigenvalue weighted by atomic mass is 9.88. The highest BCUT2D eigenvalue weighted by Crippen LogP contribution is 2.23. The summed E-state index contributed by atoms with van der Waals surface area (Å²) in [6.45, 7) is 10.5. The lowest BCUT2D eigenvalue weighted by Gasteiger charge is -2.20. The van der Waals surface area contributed by atoms with Crippen LogP contribution in [0.5, 0.6) is 0 Å². The lowest BCUT2D eigenvalue weighted by Crippen LogP contribution is -2.18. The molecule has 0 aromatic carbocycles. The molecule has 0 radical (unpaired) electrons. The van der Waals surface area contributed by atoms with Crippen molar-refractivity contribution in [2.24, 2.45) is 5.41 Å². The summed E-state index contributed by atoms with van der Waals surface area (Å²) in [6, 6.07) is 0. The third-order valence-corrected chi connectivity index (χ3v) is 1.97. The summed E-state index contributed by atoms with van der Waals surface area (Å²) in [7, 11) is 0. The largest absolute Gasteiger partial charge is 0.390 e. The zero-order chi connectivity index (χ0) is 9.83. The van der Waals surface area contributed by atoms with Crippen LogP contribution in [0.25, 0.3) is 0 Å². The average Bonchev–Trinajstić information content (AvgIpc) is 1.76. The highest BCUT2D eigenvalue weighted by Gasteiger charge is 2.13. The topological polar surface area (TPSA) is 20.2 Å². The number of aliphatic hydroxyl groups is 1. The zero-order valence-corrected chi connectivity index (χ0v) is 9.28. The van der Waals surface area contributed by atoms with Crippen molar-refractivity contribution in [3.8, 4) is 0 Å². The molecule has 0 heterocycles. The first-order chi connectivity index (χ1) is 5.21. The van der Waals surface area contributed by atoms with E-state index in [9.17, 15) is 5.11 Å². The number of hydrogen-bond donors (Lipinski definition) is 1. The fraction of sp³-hybridized carbons (Fsp3) is 1.00. The van der Waals surface area contributed by atoms with Gasteiger partial charge in [-0.25, -0.2) is 0 Å². The smallest absolute Gasteiger partial charge is 0.0591 e. The van der Waals surface area contributed by atoms with Gasteiger partial charge in [0, 0.05) is 0 Å². The van der Waals surface area contributed by atoms with Gasteiger partial charge in [0.25, 0.3) is 0 Å². The molecule has 1 nitrogen and oxygen atoms in total. The van der Waals surface area contributed by atoms with Gasteiger partial charge in [0.1, 0.15) is 0 Å². The van der Waals surface area contributed by atoms with Crippen LogP contribution in [-0.2, 0) is 0 Å². The number of hydrogen-bond acceptors (Lipinski definition) is 1. The van der Waals surface area contributed by atoms with Crippen LogP contribution in [0.2, 0.25) is 0 Å². The van der Waals surface area contributed by atoms with Crippen LogP contribution in [-0.4, -0.2) is 10.7 Å². The highest BCUT2D eigenvalue weighted by atomic mass is 16.3. The van der Waals surface area contributed by atoms with Crippen LogP contribution in [0, 0.1) is 5.41 Å². The second-order valence-electron chi connectivity index (χ2n) is 5.58. The minimum absolute atomic E-state index is 0.444. The summed E-state index contributed by atoms with van der Waals surface area (Å²) in [4.78, 5) is 0. The quantitative estimate of drug-likeness (QED) is 0.645. The Morgan fingerprint density at radius 3 is 1.58 bits per heavy atom. The van der Waals surface area contributed by atoms with Gasteiger partial charge in [-0.2, -0.15) is 0 Å². The maximum Gasteiger partial charge on any atom is 0.0591 e. The molecule has 0 amide bonds. The van der Waals surface area contributed by atoms with E-state index in [0.29, 0.717) is 5.41 Å². The van der Waals surface area contributed by atoms with Crippen molar-refractivity contribution in [2.45, 2.75) is 65.9 Å². The maximum atomic E-state index is 9.45. The molecule has 0 fully saturated rings. The normalized spacial score (nSPS) is 13.5. The van der Waals surface area contributed by atoms with Crippen LogP contribution in [0.15, 0.2) is 0 Å². The van der Waals surface area contributed by atoms with Gasteiger partial charge in [-0.05, 0) is 32.1 Å². The van der Waals surface area contributed by atoms with E-state index in [4.69, 9.17) is 0 Å². The molecule has 0 saturated heterocycles. The fourth-order valence-electron chi connectivity index (χ4n) is 1.21. The zero-order valence-electron chi connectivity index (χ0n) is 9.28. The fourth-order valence-corrected chi connectivity index (χ4v) is 1.21. The highest BCUT2D eigenvalue weighted by molar-refractivity contribution is 4.67. The molecular formula is C11H24O. The Morgan fingerprint density at radius 2 is 1.25 bits per heavy atom. The molecule has 0 atom stereocenters. The minimum atomic E-state index is -0.474.